The second-order valence-corrected chi connectivity index (χ2v) is 6.15. The summed E-state index contributed by atoms with van der Waals surface area (Å²) >= 11 is 0. The number of hydrogen-bond donors (Lipinski definition) is 1. The van der Waals surface area contributed by atoms with Gasteiger partial charge in [0.2, 0.25) is 5.91 Å². The molecule has 0 spiro atoms. The molecule has 3 rings (SSSR count). The van der Waals surface area contributed by atoms with Crippen LogP contribution < -0.4 is 0 Å². The van der Waals surface area contributed by atoms with Gasteiger partial charge in [-0.2, -0.15) is 0 Å². The van der Waals surface area contributed by atoms with Gasteiger partial charge in [0.1, 0.15) is 6.04 Å². The number of carboxylic acid groups (broad SMARTS) is 1. The molecule has 0 aromatic heterocycles. The van der Waals surface area contributed by atoms with Crippen molar-refractivity contribution in [3.05, 3.63) is 35.9 Å². The molecule has 0 unspecified atom stereocenters. The fraction of sp³-hybridized carbons (Fsp3) is 0.529. The van der Waals surface area contributed by atoms with E-state index in [1.165, 1.54) is 0 Å². The molecule has 0 bridgehead atoms. The molecule has 1 saturated heterocycles. The molecule has 1 aliphatic heterocycles. The molecule has 1 amide bonds. The highest BCUT2D eigenvalue weighted by atomic mass is 16.4. The van der Waals surface area contributed by atoms with Crippen LogP contribution in [-0.2, 0) is 15.0 Å². The number of rotatable bonds is 3. The minimum Gasteiger partial charge on any atom is -0.480 e. The summed E-state index contributed by atoms with van der Waals surface area (Å²) < 4.78 is 0. The van der Waals surface area contributed by atoms with E-state index in [4.69, 9.17) is 0 Å². The van der Waals surface area contributed by atoms with Gasteiger partial charge in [0, 0.05) is 6.54 Å². The first kappa shape index (κ1) is 14.1. The van der Waals surface area contributed by atoms with Crippen molar-refractivity contribution in [1.82, 2.24) is 4.90 Å². The van der Waals surface area contributed by atoms with Gasteiger partial charge < -0.3 is 10.0 Å². The molecule has 1 aromatic rings. The average molecular weight is 287 g/mol. The van der Waals surface area contributed by atoms with E-state index in [0.29, 0.717) is 13.0 Å². The number of likely N-dealkylation sites (tertiary alicyclic amines) is 1. The highest BCUT2D eigenvalue weighted by Crippen LogP contribution is 2.46. The van der Waals surface area contributed by atoms with Gasteiger partial charge in [-0.3, -0.25) is 4.79 Å². The summed E-state index contributed by atoms with van der Waals surface area (Å²) in [6, 6.07) is 9.20. The fourth-order valence-electron chi connectivity index (χ4n) is 3.62. The topological polar surface area (TPSA) is 57.6 Å². The number of piperidine rings is 1. The van der Waals surface area contributed by atoms with Crippen LogP contribution >= 0.6 is 0 Å². The summed E-state index contributed by atoms with van der Waals surface area (Å²) in [5.74, 6) is -0.849. The summed E-state index contributed by atoms with van der Waals surface area (Å²) in [6.45, 7) is 0.574. The van der Waals surface area contributed by atoms with Crippen molar-refractivity contribution in [2.75, 3.05) is 6.54 Å². The van der Waals surface area contributed by atoms with E-state index in [0.717, 1.165) is 37.7 Å². The van der Waals surface area contributed by atoms with Gasteiger partial charge in [-0.15, -0.1) is 0 Å². The van der Waals surface area contributed by atoms with Crippen LogP contribution in [-0.4, -0.2) is 34.5 Å². The van der Waals surface area contributed by atoms with Gasteiger partial charge in [0.25, 0.3) is 0 Å². The maximum atomic E-state index is 13.1. The molecular formula is C17H21NO3. The third-order valence-electron chi connectivity index (χ3n) is 4.99. The molecule has 2 aliphatic rings. The Kier molecular flexibility index (Phi) is 3.70. The van der Waals surface area contributed by atoms with E-state index in [-0.39, 0.29) is 5.91 Å². The molecule has 1 aromatic carbocycles. The number of carbonyl (C=O) groups excluding carboxylic acids is 1. The largest absolute Gasteiger partial charge is 0.480 e. The Bertz CT molecular complexity index is 536. The Morgan fingerprint density at radius 2 is 1.81 bits per heavy atom. The maximum absolute atomic E-state index is 13.1. The third-order valence-corrected chi connectivity index (χ3v) is 4.99. The van der Waals surface area contributed by atoms with Crippen LogP contribution in [0.1, 0.15) is 44.1 Å². The van der Waals surface area contributed by atoms with E-state index in [9.17, 15) is 14.7 Å². The molecule has 1 saturated carbocycles. The lowest BCUT2D eigenvalue weighted by atomic mass is 9.63. The van der Waals surface area contributed by atoms with Gasteiger partial charge in [0.05, 0.1) is 5.41 Å². The number of carboxylic acids is 1. The summed E-state index contributed by atoms with van der Waals surface area (Å²) in [6.07, 6.45) is 5.06. The zero-order valence-electron chi connectivity index (χ0n) is 12.1. The van der Waals surface area contributed by atoms with Crippen molar-refractivity contribution in [3.8, 4) is 0 Å². The SMILES string of the molecule is O=C(O)[C@@H]1CCCCN1C(=O)C1(c2ccccc2)CCC1. The molecule has 4 nitrogen and oxygen atoms in total. The quantitative estimate of drug-likeness (QED) is 0.929. The second kappa shape index (κ2) is 5.51. The minimum atomic E-state index is -0.870. The van der Waals surface area contributed by atoms with Crippen LogP contribution in [0.4, 0.5) is 0 Å². The van der Waals surface area contributed by atoms with E-state index in [2.05, 4.69) is 0 Å². The van der Waals surface area contributed by atoms with Crippen molar-refractivity contribution >= 4 is 11.9 Å². The Morgan fingerprint density at radius 1 is 1.10 bits per heavy atom. The van der Waals surface area contributed by atoms with Crippen LogP contribution in [0.2, 0.25) is 0 Å². The third kappa shape index (κ3) is 2.33. The van der Waals surface area contributed by atoms with Crippen LogP contribution in [0, 0.1) is 0 Å². The van der Waals surface area contributed by atoms with Crippen LogP contribution in [0.5, 0.6) is 0 Å². The molecule has 1 N–H and O–H groups in total. The molecule has 0 radical (unpaired) electrons. The van der Waals surface area contributed by atoms with Crippen LogP contribution in [0.15, 0.2) is 30.3 Å². The number of hydrogen-bond acceptors (Lipinski definition) is 2. The molecule has 1 aliphatic carbocycles. The summed E-state index contributed by atoms with van der Waals surface area (Å²) in [5.41, 5.74) is 0.558. The Morgan fingerprint density at radius 3 is 2.38 bits per heavy atom. The van der Waals surface area contributed by atoms with E-state index in [1.807, 2.05) is 30.3 Å². The van der Waals surface area contributed by atoms with Gasteiger partial charge in [-0.1, -0.05) is 36.8 Å². The molecule has 112 valence electrons. The monoisotopic (exact) mass is 287 g/mol. The van der Waals surface area contributed by atoms with Crippen LogP contribution in [0.25, 0.3) is 0 Å². The predicted molar refractivity (Wildman–Crippen MR) is 79.0 cm³/mol. The molecule has 4 heteroatoms. The first-order chi connectivity index (χ1) is 10.1. The van der Waals surface area contributed by atoms with Crippen molar-refractivity contribution in [1.29, 1.82) is 0 Å². The van der Waals surface area contributed by atoms with Crippen molar-refractivity contribution < 1.29 is 14.7 Å². The summed E-state index contributed by atoms with van der Waals surface area (Å²) in [4.78, 5) is 26.1. The van der Waals surface area contributed by atoms with Gasteiger partial charge in [-0.25, -0.2) is 4.79 Å². The smallest absolute Gasteiger partial charge is 0.326 e. The lowest BCUT2D eigenvalue weighted by Gasteiger charge is -2.46. The van der Waals surface area contributed by atoms with Crippen molar-refractivity contribution in [2.24, 2.45) is 0 Å². The average Bonchev–Trinajstić information content (AvgIpc) is 2.47. The van der Waals surface area contributed by atoms with Gasteiger partial charge in [-0.05, 0) is 37.7 Å². The van der Waals surface area contributed by atoms with Crippen molar-refractivity contribution in [3.63, 3.8) is 0 Å². The Hall–Kier alpha value is -1.84. The molecule has 1 atom stereocenters. The zero-order chi connectivity index (χ0) is 14.9. The lowest BCUT2D eigenvalue weighted by molar-refractivity contribution is -0.156. The number of benzene rings is 1. The van der Waals surface area contributed by atoms with E-state index >= 15 is 0 Å². The van der Waals surface area contributed by atoms with Gasteiger partial charge in [0.15, 0.2) is 0 Å². The highest BCUT2D eigenvalue weighted by Gasteiger charge is 2.49. The fourth-order valence-corrected chi connectivity index (χ4v) is 3.62. The molecule has 2 fully saturated rings. The Balaban J connectivity index is 1.90. The first-order valence-corrected chi connectivity index (χ1v) is 7.74. The highest BCUT2D eigenvalue weighted by molar-refractivity contribution is 5.92. The number of carbonyl (C=O) groups is 2. The summed E-state index contributed by atoms with van der Waals surface area (Å²) in [5, 5.41) is 9.39. The maximum Gasteiger partial charge on any atom is 0.326 e. The second-order valence-electron chi connectivity index (χ2n) is 6.15. The first-order valence-electron chi connectivity index (χ1n) is 7.74. The molecule has 1 heterocycles. The number of aliphatic carboxylic acids is 1. The van der Waals surface area contributed by atoms with E-state index in [1.54, 1.807) is 4.90 Å². The van der Waals surface area contributed by atoms with Crippen LogP contribution in [0.3, 0.4) is 0 Å². The molecular weight excluding hydrogens is 266 g/mol. The minimum absolute atomic E-state index is 0.0204. The number of amides is 1. The number of nitrogens with zero attached hydrogens (tertiary/aromatic N) is 1. The predicted octanol–water partition coefficient (Wildman–Crippen LogP) is 2.57. The Labute approximate surface area is 124 Å². The standard InChI is InChI=1S/C17H21NO3/c19-15(20)14-9-4-5-12-18(14)16(21)17(10-6-11-17)13-7-2-1-3-8-13/h1-3,7-8,14H,4-6,9-12H2,(H,19,20)/t14-/m0/s1. The van der Waals surface area contributed by atoms with E-state index < -0.39 is 17.4 Å². The zero-order valence-corrected chi connectivity index (χ0v) is 12.1. The normalized spacial score (nSPS) is 24.2. The van der Waals surface area contributed by atoms with Gasteiger partial charge >= 0.3 is 5.97 Å². The molecule has 21 heavy (non-hydrogen) atoms. The summed E-state index contributed by atoms with van der Waals surface area (Å²) in [7, 11) is 0. The lowest BCUT2D eigenvalue weighted by Crippen LogP contribution is -2.57. The van der Waals surface area contributed by atoms with Crippen molar-refractivity contribution in [2.45, 2.75) is 50.0 Å².